The van der Waals surface area contributed by atoms with E-state index in [1.54, 1.807) is 7.11 Å². The van der Waals surface area contributed by atoms with Crippen LogP contribution in [0.4, 0.5) is 0 Å². The van der Waals surface area contributed by atoms with Gasteiger partial charge in [0.15, 0.2) is 0 Å². The van der Waals surface area contributed by atoms with E-state index in [0.717, 1.165) is 28.3 Å². The molecule has 96 valence electrons. The number of rotatable bonds is 5. The number of aryl methyl sites for hydroxylation is 2. The molecule has 0 aliphatic carbocycles. The fourth-order valence-electron chi connectivity index (χ4n) is 1.86. The predicted octanol–water partition coefficient (Wildman–Crippen LogP) is 2.58. The Morgan fingerprint density at radius 3 is 2.83 bits per heavy atom. The average Bonchev–Trinajstić information content (AvgIpc) is 2.85. The minimum atomic E-state index is 0.164. The SMILES string of the molecule is COc1ccc(-c2cc(CCCO)on2)cc1C. The van der Waals surface area contributed by atoms with Crippen LogP contribution in [0.5, 0.6) is 5.75 Å². The lowest BCUT2D eigenvalue weighted by atomic mass is 10.1. The quantitative estimate of drug-likeness (QED) is 0.882. The van der Waals surface area contributed by atoms with Gasteiger partial charge in [0.1, 0.15) is 17.2 Å². The van der Waals surface area contributed by atoms with Crippen LogP contribution in [-0.4, -0.2) is 24.0 Å². The van der Waals surface area contributed by atoms with E-state index in [-0.39, 0.29) is 6.61 Å². The highest BCUT2D eigenvalue weighted by Gasteiger charge is 2.08. The van der Waals surface area contributed by atoms with E-state index in [1.165, 1.54) is 0 Å². The summed E-state index contributed by atoms with van der Waals surface area (Å²) < 4.78 is 10.4. The van der Waals surface area contributed by atoms with Crippen molar-refractivity contribution in [2.45, 2.75) is 19.8 Å². The highest BCUT2D eigenvalue weighted by atomic mass is 16.5. The highest BCUT2D eigenvalue weighted by molar-refractivity contribution is 5.61. The van der Waals surface area contributed by atoms with Crippen molar-refractivity contribution in [2.24, 2.45) is 0 Å². The van der Waals surface area contributed by atoms with Crippen LogP contribution in [0, 0.1) is 6.92 Å². The Labute approximate surface area is 106 Å². The number of aliphatic hydroxyl groups excluding tert-OH is 1. The molecule has 0 aliphatic rings. The summed E-state index contributed by atoms with van der Waals surface area (Å²) in [5, 5.41) is 12.8. The van der Waals surface area contributed by atoms with Crippen LogP contribution in [0.25, 0.3) is 11.3 Å². The fourth-order valence-corrected chi connectivity index (χ4v) is 1.86. The van der Waals surface area contributed by atoms with Crippen molar-refractivity contribution in [1.29, 1.82) is 0 Å². The first-order chi connectivity index (χ1) is 8.74. The minimum absolute atomic E-state index is 0.164. The fraction of sp³-hybridized carbons (Fsp3) is 0.357. The second kappa shape index (κ2) is 5.69. The Balaban J connectivity index is 2.20. The molecule has 0 unspecified atom stereocenters. The summed E-state index contributed by atoms with van der Waals surface area (Å²) in [7, 11) is 1.66. The predicted molar refractivity (Wildman–Crippen MR) is 68.6 cm³/mol. The van der Waals surface area contributed by atoms with E-state index in [0.29, 0.717) is 12.8 Å². The second-order valence-corrected chi connectivity index (χ2v) is 4.19. The number of ether oxygens (including phenoxy) is 1. The van der Waals surface area contributed by atoms with E-state index < -0.39 is 0 Å². The standard InChI is InChI=1S/C14H17NO3/c1-10-8-11(5-6-14(10)17-2)13-9-12(18-15-13)4-3-7-16/h5-6,8-9,16H,3-4,7H2,1-2H3. The molecule has 1 aromatic carbocycles. The summed E-state index contributed by atoms with van der Waals surface area (Å²) >= 11 is 0. The van der Waals surface area contributed by atoms with Gasteiger partial charge >= 0.3 is 0 Å². The molecular formula is C14H17NO3. The Kier molecular flexibility index (Phi) is 3.99. The molecule has 0 bridgehead atoms. The van der Waals surface area contributed by atoms with Gasteiger partial charge in [0.05, 0.1) is 7.11 Å². The highest BCUT2D eigenvalue weighted by Crippen LogP contribution is 2.25. The van der Waals surface area contributed by atoms with Crippen LogP contribution in [0.2, 0.25) is 0 Å². The maximum Gasteiger partial charge on any atom is 0.137 e. The van der Waals surface area contributed by atoms with Gasteiger partial charge in [-0.15, -0.1) is 0 Å². The van der Waals surface area contributed by atoms with Crippen molar-refractivity contribution in [1.82, 2.24) is 5.16 Å². The van der Waals surface area contributed by atoms with Gasteiger partial charge in [-0.2, -0.15) is 0 Å². The molecule has 0 amide bonds. The summed E-state index contributed by atoms with van der Waals surface area (Å²) in [4.78, 5) is 0. The van der Waals surface area contributed by atoms with E-state index in [9.17, 15) is 0 Å². The average molecular weight is 247 g/mol. The Bertz CT molecular complexity index is 520. The molecule has 0 spiro atoms. The van der Waals surface area contributed by atoms with Gasteiger partial charge in [0.25, 0.3) is 0 Å². The number of methoxy groups -OCH3 is 1. The van der Waals surface area contributed by atoms with Crippen molar-refractivity contribution in [3.05, 3.63) is 35.6 Å². The monoisotopic (exact) mass is 247 g/mol. The first-order valence-corrected chi connectivity index (χ1v) is 5.96. The zero-order chi connectivity index (χ0) is 13.0. The molecular weight excluding hydrogens is 230 g/mol. The zero-order valence-corrected chi connectivity index (χ0v) is 10.6. The van der Waals surface area contributed by atoms with Crippen molar-refractivity contribution in [3.8, 4) is 17.0 Å². The lowest BCUT2D eigenvalue weighted by molar-refractivity contribution is 0.280. The summed E-state index contributed by atoms with van der Waals surface area (Å²) in [6.07, 6.45) is 1.40. The molecule has 4 heteroatoms. The van der Waals surface area contributed by atoms with E-state index >= 15 is 0 Å². The van der Waals surface area contributed by atoms with Crippen LogP contribution < -0.4 is 4.74 Å². The molecule has 2 aromatic rings. The second-order valence-electron chi connectivity index (χ2n) is 4.19. The smallest absolute Gasteiger partial charge is 0.137 e. The lowest BCUT2D eigenvalue weighted by Gasteiger charge is -2.05. The van der Waals surface area contributed by atoms with Crippen LogP contribution in [0.15, 0.2) is 28.8 Å². The molecule has 0 atom stereocenters. The third-order valence-corrected chi connectivity index (χ3v) is 2.83. The van der Waals surface area contributed by atoms with Gasteiger partial charge in [-0.3, -0.25) is 0 Å². The van der Waals surface area contributed by atoms with Gasteiger partial charge < -0.3 is 14.4 Å². The van der Waals surface area contributed by atoms with Gasteiger partial charge in [-0.25, -0.2) is 0 Å². The van der Waals surface area contributed by atoms with Crippen molar-refractivity contribution in [2.75, 3.05) is 13.7 Å². The summed E-state index contributed by atoms with van der Waals surface area (Å²) in [5.74, 6) is 1.66. The molecule has 0 saturated carbocycles. The number of aromatic nitrogens is 1. The molecule has 0 radical (unpaired) electrons. The molecule has 1 heterocycles. The Morgan fingerprint density at radius 2 is 2.17 bits per heavy atom. The molecule has 18 heavy (non-hydrogen) atoms. The van der Waals surface area contributed by atoms with Crippen LogP contribution in [0.1, 0.15) is 17.7 Å². The number of hydrogen-bond acceptors (Lipinski definition) is 4. The first-order valence-electron chi connectivity index (χ1n) is 5.96. The molecule has 4 nitrogen and oxygen atoms in total. The number of benzene rings is 1. The topological polar surface area (TPSA) is 55.5 Å². The molecule has 1 aromatic heterocycles. The third-order valence-electron chi connectivity index (χ3n) is 2.83. The molecule has 0 fully saturated rings. The van der Waals surface area contributed by atoms with Gasteiger partial charge in [0, 0.05) is 24.7 Å². The number of nitrogens with zero attached hydrogens (tertiary/aromatic N) is 1. The van der Waals surface area contributed by atoms with E-state index in [2.05, 4.69) is 5.16 Å². The van der Waals surface area contributed by atoms with Crippen molar-refractivity contribution >= 4 is 0 Å². The Morgan fingerprint density at radius 1 is 1.33 bits per heavy atom. The largest absolute Gasteiger partial charge is 0.496 e. The Hall–Kier alpha value is -1.81. The minimum Gasteiger partial charge on any atom is -0.496 e. The maximum atomic E-state index is 8.77. The van der Waals surface area contributed by atoms with E-state index in [1.807, 2.05) is 31.2 Å². The number of hydrogen-bond donors (Lipinski definition) is 1. The zero-order valence-electron chi connectivity index (χ0n) is 10.6. The van der Waals surface area contributed by atoms with Gasteiger partial charge in [0.2, 0.25) is 0 Å². The van der Waals surface area contributed by atoms with Crippen LogP contribution in [0.3, 0.4) is 0 Å². The first kappa shape index (κ1) is 12.6. The van der Waals surface area contributed by atoms with Crippen LogP contribution >= 0.6 is 0 Å². The summed E-state index contributed by atoms with van der Waals surface area (Å²) in [6, 6.07) is 7.82. The summed E-state index contributed by atoms with van der Waals surface area (Å²) in [5.41, 5.74) is 2.89. The molecule has 2 rings (SSSR count). The molecule has 1 N–H and O–H groups in total. The molecule has 0 saturated heterocycles. The van der Waals surface area contributed by atoms with Crippen LogP contribution in [-0.2, 0) is 6.42 Å². The maximum absolute atomic E-state index is 8.77. The third kappa shape index (κ3) is 2.71. The van der Waals surface area contributed by atoms with E-state index in [4.69, 9.17) is 14.4 Å². The lowest BCUT2D eigenvalue weighted by Crippen LogP contribution is -1.88. The van der Waals surface area contributed by atoms with Crippen molar-refractivity contribution < 1.29 is 14.4 Å². The normalized spacial score (nSPS) is 10.6. The van der Waals surface area contributed by atoms with Crippen molar-refractivity contribution in [3.63, 3.8) is 0 Å². The molecule has 0 aliphatic heterocycles. The van der Waals surface area contributed by atoms with Gasteiger partial charge in [-0.1, -0.05) is 5.16 Å². The number of aliphatic hydroxyl groups is 1. The van der Waals surface area contributed by atoms with Gasteiger partial charge in [-0.05, 0) is 37.1 Å². The summed E-state index contributed by atoms with van der Waals surface area (Å²) in [6.45, 7) is 2.16.